The van der Waals surface area contributed by atoms with Gasteiger partial charge in [-0.1, -0.05) is 39.0 Å². The lowest BCUT2D eigenvalue weighted by Gasteiger charge is -2.18. The lowest BCUT2D eigenvalue weighted by molar-refractivity contribution is -0.137. The number of methoxy groups -OCH3 is 1. The predicted molar refractivity (Wildman–Crippen MR) is 104 cm³/mol. The summed E-state index contributed by atoms with van der Waals surface area (Å²) in [5.41, 5.74) is 2.84. The summed E-state index contributed by atoms with van der Waals surface area (Å²) in [5.74, 6) is 1.30. The summed E-state index contributed by atoms with van der Waals surface area (Å²) in [5, 5.41) is 0. The quantitative estimate of drug-likeness (QED) is 0.411. The average molecular weight is 356 g/mol. The molecule has 0 amide bonds. The van der Waals surface area contributed by atoms with E-state index in [9.17, 15) is 4.79 Å². The second-order valence-electron chi connectivity index (χ2n) is 6.90. The van der Waals surface area contributed by atoms with Gasteiger partial charge < -0.3 is 14.2 Å². The minimum Gasteiger partial charge on any atom is -0.497 e. The van der Waals surface area contributed by atoms with Crippen LogP contribution in [0.1, 0.15) is 39.7 Å². The molecule has 0 atom stereocenters. The Morgan fingerprint density at radius 1 is 1.31 bits per heavy atom. The van der Waals surface area contributed by atoms with Crippen LogP contribution in [0.4, 0.5) is 0 Å². The molecule has 26 heavy (non-hydrogen) atoms. The SMILES string of the molecule is CCOC(=O)C=C(C=CC1=CC(C)(C)COc2ccc(OC)cc21)CC. The Hall–Kier alpha value is -2.49. The van der Waals surface area contributed by atoms with Gasteiger partial charge in [0.25, 0.3) is 0 Å². The summed E-state index contributed by atoms with van der Waals surface area (Å²) in [6.45, 7) is 9.07. The minimum atomic E-state index is -0.311. The van der Waals surface area contributed by atoms with Crippen LogP contribution in [0.3, 0.4) is 0 Å². The smallest absolute Gasteiger partial charge is 0.331 e. The van der Waals surface area contributed by atoms with Gasteiger partial charge in [0.1, 0.15) is 11.5 Å². The van der Waals surface area contributed by atoms with E-state index in [0.29, 0.717) is 13.2 Å². The van der Waals surface area contributed by atoms with Crippen LogP contribution in [0.5, 0.6) is 11.5 Å². The molecule has 0 aliphatic carbocycles. The number of carbonyl (C=O) groups is 1. The van der Waals surface area contributed by atoms with Crippen molar-refractivity contribution >= 4 is 11.5 Å². The van der Waals surface area contributed by atoms with E-state index in [2.05, 4.69) is 19.9 Å². The van der Waals surface area contributed by atoms with Crippen molar-refractivity contribution in [2.45, 2.75) is 34.1 Å². The second-order valence-corrected chi connectivity index (χ2v) is 6.90. The highest BCUT2D eigenvalue weighted by Gasteiger charge is 2.23. The van der Waals surface area contributed by atoms with E-state index >= 15 is 0 Å². The van der Waals surface area contributed by atoms with Crippen molar-refractivity contribution in [2.24, 2.45) is 5.41 Å². The van der Waals surface area contributed by atoms with Gasteiger partial charge in [-0.15, -0.1) is 0 Å². The first-order valence-electron chi connectivity index (χ1n) is 8.98. The number of esters is 1. The van der Waals surface area contributed by atoms with Crippen LogP contribution in [0, 0.1) is 5.41 Å². The fourth-order valence-corrected chi connectivity index (χ4v) is 2.73. The second kappa shape index (κ2) is 8.75. The van der Waals surface area contributed by atoms with Crippen molar-refractivity contribution < 1.29 is 19.0 Å². The van der Waals surface area contributed by atoms with E-state index in [0.717, 1.165) is 34.6 Å². The van der Waals surface area contributed by atoms with Gasteiger partial charge in [-0.25, -0.2) is 4.79 Å². The Bertz CT molecular complexity index is 739. The van der Waals surface area contributed by atoms with E-state index in [-0.39, 0.29) is 11.4 Å². The zero-order chi connectivity index (χ0) is 19.2. The molecule has 1 aliphatic heterocycles. The molecule has 0 spiro atoms. The summed E-state index contributed by atoms with van der Waals surface area (Å²) < 4.78 is 16.4. The van der Waals surface area contributed by atoms with Gasteiger partial charge in [-0.05, 0) is 42.7 Å². The first kappa shape index (κ1) is 19.8. The maximum absolute atomic E-state index is 11.7. The average Bonchev–Trinajstić information content (AvgIpc) is 2.74. The van der Waals surface area contributed by atoms with Gasteiger partial charge in [0.15, 0.2) is 0 Å². The fourth-order valence-electron chi connectivity index (χ4n) is 2.73. The highest BCUT2D eigenvalue weighted by molar-refractivity contribution is 5.84. The van der Waals surface area contributed by atoms with Crippen molar-refractivity contribution in [3.8, 4) is 11.5 Å². The molecule has 0 saturated carbocycles. The molecule has 2 rings (SSSR count). The molecule has 0 unspecified atom stereocenters. The molecule has 4 heteroatoms. The Labute approximate surface area is 156 Å². The van der Waals surface area contributed by atoms with Crippen LogP contribution in [-0.2, 0) is 9.53 Å². The van der Waals surface area contributed by atoms with Crippen molar-refractivity contribution in [1.29, 1.82) is 0 Å². The molecule has 1 aromatic carbocycles. The van der Waals surface area contributed by atoms with E-state index in [1.165, 1.54) is 0 Å². The third-order valence-corrected chi connectivity index (χ3v) is 4.12. The first-order chi connectivity index (χ1) is 12.4. The number of hydrogen-bond acceptors (Lipinski definition) is 4. The molecule has 0 fully saturated rings. The fraction of sp³-hybridized carbons (Fsp3) is 0.409. The summed E-state index contributed by atoms with van der Waals surface area (Å²) in [4.78, 5) is 11.7. The zero-order valence-electron chi connectivity index (χ0n) is 16.3. The van der Waals surface area contributed by atoms with Crippen molar-refractivity contribution in [1.82, 2.24) is 0 Å². The molecule has 1 aromatic rings. The van der Waals surface area contributed by atoms with E-state index in [4.69, 9.17) is 14.2 Å². The molecule has 0 N–H and O–H groups in total. The van der Waals surface area contributed by atoms with Gasteiger partial charge in [0.2, 0.25) is 0 Å². The normalized spacial score (nSPS) is 16.3. The van der Waals surface area contributed by atoms with Crippen LogP contribution in [-0.4, -0.2) is 26.3 Å². The summed E-state index contributed by atoms with van der Waals surface area (Å²) in [6, 6.07) is 5.82. The van der Waals surface area contributed by atoms with Gasteiger partial charge in [-0.2, -0.15) is 0 Å². The number of benzene rings is 1. The highest BCUT2D eigenvalue weighted by atomic mass is 16.5. The third kappa shape index (κ3) is 5.25. The molecular formula is C22H28O4. The molecule has 1 aliphatic rings. The van der Waals surface area contributed by atoms with Gasteiger partial charge in [-0.3, -0.25) is 0 Å². The highest BCUT2D eigenvalue weighted by Crippen LogP contribution is 2.37. The Kier molecular flexibility index (Phi) is 6.67. The molecular weight excluding hydrogens is 328 g/mol. The number of fused-ring (bicyclic) bond motifs is 1. The summed E-state index contributed by atoms with van der Waals surface area (Å²) >= 11 is 0. The van der Waals surface area contributed by atoms with Crippen LogP contribution < -0.4 is 9.47 Å². The van der Waals surface area contributed by atoms with Crippen LogP contribution in [0.25, 0.3) is 5.57 Å². The summed E-state index contributed by atoms with van der Waals surface area (Å²) in [6.07, 6.45) is 8.49. The molecule has 4 nitrogen and oxygen atoms in total. The summed E-state index contributed by atoms with van der Waals surface area (Å²) in [7, 11) is 1.65. The molecule has 0 radical (unpaired) electrons. The maximum Gasteiger partial charge on any atom is 0.331 e. The van der Waals surface area contributed by atoms with Crippen LogP contribution in [0.2, 0.25) is 0 Å². The van der Waals surface area contributed by atoms with Crippen LogP contribution in [0.15, 0.2) is 48.1 Å². The topological polar surface area (TPSA) is 44.8 Å². The third-order valence-electron chi connectivity index (χ3n) is 4.12. The van der Waals surface area contributed by atoms with E-state index in [1.54, 1.807) is 20.1 Å². The van der Waals surface area contributed by atoms with Gasteiger partial charge >= 0.3 is 5.97 Å². The predicted octanol–water partition coefficient (Wildman–Crippen LogP) is 4.95. The number of rotatable bonds is 6. The standard InChI is InChI=1S/C22H28O4/c1-6-16(12-21(23)25-7-2)8-9-17-14-22(3,4)15-26-20-11-10-18(24-5)13-19(17)20/h8-14H,6-7,15H2,1-5H3. The van der Waals surface area contributed by atoms with E-state index in [1.807, 2.05) is 37.3 Å². The number of hydrogen-bond donors (Lipinski definition) is 0. The number of carbonyl (C=O) groups excluding carboxylic acids is 1. The molecule has 1 heterocycles. The maximum atomic E-state index is 11.7. The molecule has 140 valence electrons. The molecule has 0 bridgehead atoms. The molecule has 0 aromatic heterocycles. The van der Waals surface area contributed by atoms with E-state index < -0.39 is 0 Å². The Balaban J connectivity index is 2.41. The lowest BCUT2D eigenvalue weighted by atomic mass is 9.90. The number of allylic oxidation sites excluding steroid dienone is 4. The van der Waals surface area contributed by atoms with Crippen molar-refractivity contribution in [2.75, 3.05) is 20.3 Å². The first-order valence-corrected chi connectivity index (χ1v) is 8.98. The largest absolute Gasteiger partial charge is 0.497 e. The van der Waals surface area contributed by atoms with Gasteiger partial charge in [0.05, 0.1) is 20.3 Å². The van der Waals surface area contributed by atoms with Crippen LogP contribution >= 0.6 is 0 Å². The zero-order valence-corrected chi connectivity index (χ0v) is 16.3. The minimum absolute atomic E-state index is 0.108. The lowest BCUT2D eigenvalue weighted by Crippen LogP contribution is -2.17. The number of ether oxygens (including phenoxy) is 3. The van der Waals surface area contributed by atoms with Gasteiger partial charge in [0, 0.05) is 17.1 Å². The van der Waals surface area contributed by atoms with Crippen molar-refractivity contribution in [3.05, 3.63) is 53.6 Å². The Morgan fingerprint density at radius 2 is 2.08 bits per heavy atom. The van der Waals surface area contributed by atoms with Crippen molar-refractivity contribution in [3.63, 3.8) is 0 Å². The monoisotopic (exact) mass is 356 g/mol. The Morgan fingerprint density at radius 3 is 2.73 bits per heavy atom. The molecule has 0 saturated heterocycles.